The highest BCUT2D eigenvalue weighted by Crippen LogP contribution is 2.23. The third-order valence-electron chi connectivity index (χ3n) is 3.43. The SMILES string of the molecule is CCOC(=O)/C(O)=C(\C=N\c1c(C(N)=O)cnn1-c1ccccc1)C(C)=O. The topological polar surface area (TPSA) is 137 Å². The van der Waals surface area contributed by atoms with Crippen LogP contribution in [0.25, 0.3) is 5.69 Å². The van der Waals surface area contributed by atoms with Crippen molar-refractivity contribution < 1.29 is 24.2 Å². The van der Waals surface area contributed by atoms with E-state index in [9.17, 15) is 19.5 Å². The summed E-state index contributed by atoms with van der Waals surface area (Å²) in [5.74, 6) is -3.27. The van der Waals surface area contributed by atoms with Gasteiger partial charge >= 0.3 is 5.97 Å². The van der Waals surface area contributed by atoms with E-state index in [1.54, 1.807) is 37.3 Å². The largest absolute Gasteiger partial charge is 0.501 e. The highest BCUT2D eigenvalue weighted by atomic mass is 16.5. The quantitative estimate of drug-likeness (QED) is 0.329. The molecule has 3 N–H and O–H groups in total. The van der Waals surface area contributed by atoms with Crippen molar-refractivity contribution in [1.82, 2.24) is 9.78 Å². The highest BCUT2D eigenvalue weighted by Gasteiger charge is 2.19. The minimum Gasteiger partial charge on any atom is -0.501 e. The van der Waals surface area contributed by atoms with Gasteiger partial charge in [-0.15, -0.1) is 0 Å². The predicted octanol–water partition coefficient (Wildman–Crippen LogP) is 1.64. The van der Waals surface area contributed by atoms with Crippen LogP contribution >= 0.6 is 0 Å². The number of ketones is 1. The number of Topliss-reactive ketones (excluding diaryl/α,β-unsaturated/α-hetero) is 1. The summed E-state index contributed by atoms with van der Waals surface area (Å²) in [5.41, 5.74) is 5.59. The van der Waals surface area contributed by atoms with Gasteiger partial charge in [-0.1, -0.05) is 18.2 Å². The van der Waals surface area contributed by atoms with Crippen molar-refractivity contribution in [1.29, 1.82) is 0 Å². The van der Waals surface area contributed by atoms with Crippen LogP contribution in [0, 0.1) is 0 Å². The van der Waals surface area contributed by atoms with Crippen molar-refractivity contribution in [2.75, 3.05) is 6.61 Å². The predicted molar refractivity (Wildman–Crippen MR) is 97.2 cm³/mol. The maximum Gasteiger partial charge on any atom is 0.374 e. The number of carbonyl (C=O) groups excluding carboxylic acids is 3. The van der Waals surface area contributed by atoms with E-state index >= 15 is 0 Å². The smallest absolute Gasteiger partial charge is 0.374 e. The number of rotatable bonds is 7. The second-order valence-corrected chi connectivity index (χ2v) is 5.29. The van der Waals surface area contributed by atoms with Crippen LogP contribution < -0.4 is 5.73 Å². The fraction of sp³-hybridized carbons (Fsp3) is 0.167. The fourth-order valence-corrected chi connectivity index (χ4v) is 2.15. The minimum absolute atomic E-state index is 0.00799. The zero-order chi connectivity index (χ0) is 20.0. The summed E-state index contributed by atoms with van der Waals surface area (Å²) >= 11 is 0. The number of para-hydroxylation sites is 1. The van der Waals surface area contributed by atoms with Crippen molar-refractivity contribution in [2.45, 2.75) is 13.8 Å². The molecule has 0 aliphatic carbocycles. The van der Waals surface area contributed by atoms with Gasteiger partial charge in [-0.3, -0.25) is 9.59 Å². The van der Waals surface area contributed by atoms with Crippen molar-refractivity contribution in [2.24, 2.45) is 10.7 Å². The lowest BCUT2D eigenvalue weighted by atomic mass is 10.1. The minimum atomic E-state index is -1.05. The molecule has 0 aliphatic heterocycles. The standard InChI is InChI=1S/C18H18N4O5/c1-3-27-18(26)15(24)13(11(2)23)9-20-17-14(16(19)25)10-21-22(17)12-7-5-4-6-8-12/h4-10,24H,3H2,1-2H3,(H2,19,25)/b15-13-,20-9+. The summed E-state index contributed by atoms with van der Waals surface area (Å²) in [4.78, 5) is 39.2. The van der Waals surface area contributed by atoms with Crippen LogP contribution in [0.5, 0.6) is 0 Å². The molecule has 0 unspecified atom stereocenters. The molecule has 2 rings (SSSR count). The van der Waals surface area contributed by atoms with Crippen LogP contribution in [0.15, 0.2) is 52.9 Å². The Morgan fingerprint density at radius 1 is 1.30 bits per heavy atom. The van der Waals surface area contributed by atoms with Crippen molar-refractivity contribution >= 4 is 29.7 Å². The number of aromatic nitrogens is 2. The average Bonchev–Trinajstić information content (AvgIpc) is 3.06. The van der Waals surface area contributed by atoms with Crippen LogP contribution in [-0.2, 0) is 14.3 Å². The summed E-state index contributed by atoms with van der Waals surface area (Å²) in [5, 5.41) is 14.0. The molecule has 0 bridgehead atoms. The monoisotopic (exact) mass is 370 g/mol. The van der Waals surface area contributed by atoms with Crippen LogP contribution in [0.2, 0.25) is 0 Å². The molecule has 1 amide bonds. The van der Waals surface area contributed by atoms with Crippen molar-refractivity contribution in [3.05, 3.63) is 53.4 Å². The molecule has 1 aromatic carbocycles. The van der Waals surface area contributed by atoms with Crippen molar-refractivity contribution in [3.8, 4) is 5.69 Å². The number of hydrogen-bond acceptors (Lipinski definition) is 7. The number of carbonyl (C=O) groups is 3. The Morgan fingerprint density at radius 3 is 2.52 bits per heavy atom. The molecule has 0 saturated heterocycles. The van der Waals surface area contributed by atoms with E-state index in [-0.39, 0.29) is 23.6 Å². The first-order valence-corrected chi connectivity index (χ1v) is 7.95. The van der Waals surface area contributed by atoms with Gasteiger partial charge in [-0.25, -0.2) is 14.5 Å². The van der Waals surface area contributed by atoms with Gasteiger partial charge in [0, 0.05) is 6.21 Å². The highest BCUT2D eigenvalue weighted by molar-refractivity contribution is 6.17. The van der Waals surface area contributed by atoms with Gasteiger partial charge in [0.05, 0.1) is 24.1 Å². The Labute approximate surface area is 154 Å². The molecular formula is C18H18N4O5. The number of aliphatic hydroxyl groups is 1. The molecule has 1 heterocycles. The molecule has 0 spiro atoms. The van der Waals surface area contributed by atoms with E-state index in [4.69, 9.17) is 5.73 Å². The zero-order valence-electron chi connectivity index (χ0n) is 14.7. The molecule has 0 aliphatic rings. The number of allylic oxidation sites excluding steroid dienone is 1. The molecule has 0 atom stereocenters. The van der Waals surface area contributed by atoms with Gasteiger partial charge in [0.2, 0.25) is 5.76 Å². The maximum absolute atomic E-state index is 11.8. The molecule has 0 fully saturated rings. The molecule has 9 nitrogen and oxygen atoms in total. The van der Waals surface area contributed by atoms with E-state index in [0.29, 0.717) is 5.69 Å². The van der Waals surface area contributed by atoms with Gasteiger partial charge in [0.1, 0.15) is 5.56 Å². The molecule has 0 saturated carbocycles. The van der Waals surface area contributed by atoms with E-state index in [1.807, 2.05) is 0 Å². The molecule has 140 valence electrons. The second-order valence-electron chi connectivity index (χ2n) is 5.29. The lowest BCUT2D eigenvalue weighted by Gasteiger charge is -2.06. The van der Waals surface area contributed by atoms with Crippen LogP contribution in [0.3, 0.4) is 0 Å². The molecule has 0 radical (unpaired) electrons. The van der Waals surface area contributed by atoms with Crippen LogP contribution in [-0.4, -0.2) is 45.4 Å². The summed E-state index contributed by atoms with van der Waals surface area (Å²) in [7, 11) is 0. The lowest BCUT2D eigenvalue weighted by Crippen LogP contribution is -2.14. The first kappa shape index (κ1) is 19.6. The van der Waals surface area contributed by atoms with Gasteiger partial charge in [0.15, 0.2) is 11.6 Å². The average molecular weight is 370 g/mol. The van der Waals surface area contributed by atoms with Gasteiger partial charge in [-0.2, -0.15) is 5.10 Å². The third-order valence-corrected chi connectivity index (χ3v) is 3.43. The number of nitrogens with two attached hydrogens (primary N) is 1. The van der Waals surface area contributed by atoms with Gasteiger partial charge in [-0.05, 0) is 26.0 Å². The number of aliphatic hydroxyl groups excluding tert-OH is 1. The van der Waals surface area contributed by atoms with E-state index in [1.165, 1.54) is 10.9 Å². The summed E-state index contributed by atoms with van der Waals surface area (Å²) in [6.07, 6.45) is 2.21. The number of benzene rings is 1. The summed E-state index contributed by atoms with van der Waals surface area (Å²) in [6.45, 7) is 2.74. The van der Waals surface area contributed by atoms with E-state index < -0.39 is 23.4 Å². The number of primary amides is 1. The van der Waals surface area contributed by atoms with Crippen molar-refractivity contribution in [3.63, 3.8) is 0 Å². The molecule has 2 aromatic rings. The number of amides is 1. The Hall–Kier alpha value is -3.75. The lowest BCUT2D eigenvalue weighted by molar-refractivity contribution is -0.141. The Bertz CT molecular complexity index is 928. The number of hydrogen-bond donors (Lipinski definition) is 2. The molecule has 27 heavy (non-hydrogen) atoms. The normalized spacial score (nSPS) is 11.9. The Balaban J connectivity index is 2.55. The molecule has 1 aromatic heterocycles. The van der Waals surface area contributed by atoms with Crippen LogP contribution in [0.4, 0.5) is 5.82 Å². The number of nitrogens with zero attached hydrogens (tertiary/aromatic N) is 3. The zero-order valence-corrected chi connectivity index (χ0v) is 14.7. The molecular weight excluding hydrogens is 352 g/mol. The van der Waals surface area contributed by atoms with Crippen LogP contribution in [0.1, 0.15) is 24.2 Å². The van der Waals surface area contributed by atoms with E-state index in [0.717, 1.165) is 13.1 Å². The maximum atomic E-state index is 11.8. The number of esters is 1. The second kappa shape index (κ2) is 8.56. The number of ether oxygens (including phenoxy) is 1. The van der Waals surface area contributed by atoms with E-state index in [2.05, 4.69) is 14.8 Å². The summed E-state index contributed by atoms with van der Waals surface area (Å²) < 4.78 is 6.02. The van der Waals surface area contributed by atoms with Gasteiger partial charge < -0.3 is 15.6 Å². The summed E-state index contributed by atoms with van der Waals surface area (Å²) in [6, 6.07) is 8.80. The fourth-order valence-electron chi connectivity index (χ4n) is 2.15. The Morgan fingerprint density at radius 2 is 1.96 bits per heavy atom. The third kappa shape index (κ3) is 4.46. The van der Waals surface area contributed by atoms with Gasteiger partial charge in [0.25, 0.3) is 5.91 Å². The molecule has 9 heteroatoms. The number of aliphatic imine (C=N–C) groups is 1. The first-order valence-electron chi connectivity index (χ1n) is 7.95. The Kier molecular flexibility index (Phi) is 6.21. The first-order chi connectivity index (χ1) is 12.9.